The highest BCUT2D eigenvalue weighted by Gasteiger charge is 2.06. The van der Waals surface area contributed by atoms with Crippen molar-refractivity contribution in [1.82, 2.24) is 5.43 Å². The third-order valence-electron chi connectivity index (χ3n) is 4.35. The molecule has 0 atom stereocenters. The fraction of sp³-hybridized carbons (Fsp3) is 0.579. The standard InChI is InChI=1S/C19H27ClN2O/c20-17-14-12-16(13-15-17)19(23)22-21-18-10-8-6-4-2-1-3-5-7-9-11-18/h12-15H,1-11H2,(H,22,23). The van der Waals surface area contributed by atoms with Gasteiger partial charge in [-0.1, -0.05) is 56.5 Å². The predicted octanol–water partition coefficient (Wildman–Crippen LogP) is 5.73. The summed E-state index contributed by atoms with van der Waals surface area (Å²) in [5.41, 5.74) is 4.43. The molecule has 0 bridgehead atoms. The summed E-state index contributed by atoms with van der Waals surface area (Å²) in [6.07, 6.45) is 13.6. The Morgan fingerprint density at radius 2 is 1.30 bits per heavy atom. The zero-order valence-electron chi connectivity index (χ0n) is 13.8. The van der Waals surface area contributed by atoms with E-state index in [-0.39, 0.29) is 5.91 Å². The maximum Gasteiger partial charge on any atom is 0.271 e. The molecule has 1 aromatic carbocycles. The Hall–Kier alpha value is -1.35. The van der Waals surface area contributed by atoms with Gasteiger partial charge in [-0.15, -0.1) is 0 Å². The van der Waals surface area contributed by atoms with E-state index in [4.69, 9.17) is 11.6 Å². The van der Waals surface area contributed by atoms with Gasteiger partial charge < -0.3 is 0 Å². The number of hydrogen-bond donors (Lipinski definition) is 1. The fourth-order valence-corrected chi connectivity index (χ4v) is 3.05. The van der Waals surface area contributed by atoms with E-state index in [0.717, 1.165) is 18.6 Å². The zero-order valence-corrected chi connectivity index (χ0v) is 14.6. The lowest BCUT2D eigenvalue weighted by Gasteiger charge is -2.10. The van der Waals surface area contributed by atoms with Crippen LogP contribution in [0, 0.1) is 0 Å². The molecule has 0 saturated heterocycles. The molecule has 23 heavy (non-hydrogen) atoms. The van der Waals surface area contributed by atoms with Gasteiger partial charge in [0.05, 0.1) is 0 Å². The third-order valence-corrected chi connectivity index (χ3v) is 4.60. The highest BCUT2D eigenvalue weighted by atomic mass is 35.5. The van der Waals surface area contributed by atoms with Crippen LogP contribution in [-0.2, 0) is 0 Å². The summed E-state index contributed by atoms with van der Waals surface area (Å²) in [6, 6.07) is 6.89. The summed E-state index contributed by atoms with van der Waals surface area (Å²) in [7, 11) is 0. The van der Waals surface area contributed by atoms with Gasteiger partial charge in [0.1, 0.15) is 0 Å². The van der Waals surface area contributed by atoms with E-state index >= 15 is 0 Å². The quantitative estimate of drug-likeness (QED) is 0.689. The highest BCUT2D eigenvalue weighted by molar-refractivity contribution is 6.30. The number of amides is 1. The van der Waals surface area contributed by atoms with Crippen LogP contribution in [0.5, 0.6) is 0 Å². The van der Waals surface area contributed by atoms with E-state index in [1.807, 2.05) is 0 Å². The number of nitrogens with one attached hydrogen (secondary N) is 1. The second kappa shape index (κ2) is 10.4. The van der Waals surface area contributed by atoms with E-state index in [9.17, 15) is 4.79 Å². The monoisotopic (exact) mass is 334 g/mol. The van der Waals surface area contributed by atoms with Crippen molar-refractivity contribution in [2.24, 2.45) is 5.10 Å². The third kappa shape index (κ3) is 7.17. The van der Waals surface area contributed by atoms with Crippen molar-refractivity contribution in [2.75, 3.05) is 0 Å². The first-order valence-corrected chi connectivity index (χ1v) is 9.25. The molecule has 1 saturated carbocycles. The van der Waals surface area contributed by atoms with Crippen LogP contribution in [0.1, 0.15) is 81.0 Å². The Bertz CT molecular complexity index is 497. The predicted molar refractivity (Wildman–Crippen MR) is 97.1 cm³/mol. The molecule has 3 nitrogen and oxygen atoms in total. The van der Waals surface area contributed by atoms with Crippen LogP contribution in [0.2, 0.25) is 5.02 Å². The lowest BCUT2D eigenvalue weighted by atomic mass is 10.00. The number of carbonyl (C=O) groups excluding carboxylic acids is 1. The molecule has 1 aliphatic carbocycles. The molecular weight excluding hydrogens is 308 g/mol. The maximum atomic E-state index is 12.1. The lowest BCUT2D eigenvalue weighted by Crippen LogP contribution is -2.19. The molecule has 1 amide bonds. The summed E-state index contributed by atoms with van der Waals surface area (Å²) < 4.78 is 0. The van der Waals surface area contributed by atoms with Crippen LogP contribution in [0.4, 0.5) is 0 Å². The largest absolute Gasteiger partial charge is 0.271 e. The summed E-state index contributed by atoms with van der Waals surface area (Å²) in [6.45, 7) is 0. The van der Waals surface area contributed by atoms with Crippen molar-refractivity contribution in [1.29, 1.82) is 0 Å². The second-order valence-corrected chi connectivity index (χ2v) is 6.74. The molecule has 0 unspecified atom stereocenters. The van der Waals surface area contributed by atoms with Crippen molar-refractivity contribution >= 4 is 23.2 Å². The van der Waals surface area contributed by atoms with Crippen LogP contribution < -0.4 is 5.43 Å². The number of benzene rings is 1. The molecule has 1 aliphatic rings. The fourth-order valence-electron chi connectivity index (χ4n) is 2.93. The highest BCUT2D eigenvalue weighted by Crippen LogP contribution is 2.15. The maximum absolute atomic E-state index is 12.1. The Balaban J connectivity index is 1.88. The Morgan fingerprint density at radius 3 is 1.83 bits per heavy atom. The number of rotatable bonds is 2. The smallest absolute Gasteiger partial charge is 0.267 e. The minimum atomic E-state index is -0.166. The minimum Gasteiger partial charge on any atom is -0.267 e. The van der Waals surface area contributed by atoms with Crippen LogP contribution in [0.15, 0.2) is 29.4 Å². The number of hydrazone groups is 1. The van der Waals surface area contributed by atoms with Gasteiger partial charge in [-0.25, -0.2) is 5.43 Å². The van der Waals surface area contributed by atoms with E-state index in [2.05, 4.69) is 10.5 Å². The topological polar surface area (TPSA) is 41.5 Å². The van der Waals surface area contributed by atoms with E-state index in [1.54, 1.807) is 24.3 Å². The van der Waals surface area contributed by atoms with Crippen LogP contribution >= 0.6 is 11.6 Å². The molecule has 126 valence electrons. The molecule has 2 rings (SSSR count). The molecule has 1 N–H and O–H groups in total. The van der Waals surface area contributed by atoms with Gasteiger partial charge in [0.25, 0.3) is 5.91 Å². The van der Waals surface area contributed by atoms with Crippen molar-refractivity contribution in [3.05, 3.63) is 34.9 Å². The van der Waals surface area contributed by atoms with Gasteiger partial charge in [-0.05, 0) is 49.9 Å². The van der Waals surface area contributed by atoms with Crippen molar-refractivity contribution in [3.8, 4) is 0 Å². The number of nitrogens with zero attached hydrogens (tertiary/aromatic N) is 1. The first-order chi connectivity index (χ1) is 11.3. The van der Waals surface area contributed by atoms with Crippen molar-refractivity contribution in [2.45, 2.75) is 70.6 Å². The first-order valence-electron chi connectivity index (χ1n) is 8.87. The first kappa shape index (κ1) is 18.0. The number of hydrogen-bond acceptors (Lipinski definition) is 2. The van der Waals surface area contributed by atoms with Crippen LogP contribution in [-0.4, -0.2) is 11.6 Å². The van der Waals surface area contributed by atoms with E-state index < -0.39 is 0 Å². The van der Waals surface area contributed by atoms with E-state index in [1.165, 1.54) is 57.8 Å². The second-order valence-electron chi connectivity index (χ2n) is 6.31. The average Bonchev–Trinajstić information content (AvgIpc) is 2.55. The molecule has 4 heteroatoms. The molecule has 1 fully saturated rings. The lowest BCUT2D eigenvalue weighted by molar-refractivity contribution is 0.0954. The number of carbonyl (C=O) groups is 1. The Kier molecular flexibility index (Phi) is 8.16. The van der Waals surface area contributed by atoms with E-state index in [0.29, 0.717) is 10.6 Å². The Morgan fingerprint density at radius 1 is 0.826 bits per heavy atom. The molecular formula is C19H27ClN2O. The normalized spacial score (nSPS) is 17.7. The van der Waals surface area contributed by atoms with Crippen molar-refractivity contribution < 1.29 is 4.79 Å². The van der Waals surface area contributed by atoms with Gasteiger partial charge in [0.15, 0.2) is 0 Å². The average molecular weight is 335 g/mol. The summed E-state index contributed by atoms with van der Waals surface area (Å²) >= 11 is 5.84. The van der Waals surface area contributed by atoms with Gasteiger partial charge in [-0.3, -0.25) is 4.79 Å². The molecule has 0 radical (unpaired) electrons. The van der Waals surface area contributed by atoms with Crippen molar-refractivity contribution in [3.63, 3.8) is 0 Å². The number of halogens is 1. The molecule has 1 aromatic rings. The Labute approximate surface area is 144 Å². The molecule has 0 aromatic heterocycles. The summed E-state index contributed by atoms with van der Waals surface area (Å²) in [4.78, 5) is 12.1. The molecule has 0 heterocycles. The molecule has 0 aliphatic heterocycles. The van der Waals surface area contributed by atoms with Gasteiger partial charge >= 0.3 is 0 Å². The molecule has 0 spiro atoms. The van der Waals surface area contributed by atoms with Crippen LogP contribution in [0.25, 0.3) is 0 Å². The summed E-state index contributed by atoms with van der Waals surface area (Å²) in [5, 5.41) is 5.03. The van der Waals surface area contributed by atoms with Gasteiger partial charge in [-0.2, -0.15) is 5.10 Å². The zero-order chi connectivity index (χ0) is 16.3. The minimum absolute atomic E-state index is 0.166. The SMILES string of the molecule is O=C(NN=C1CCCCCCCCCCC1)c1ccc(Cl)cc1. The van der Waals surface area contributed by atoms with Gasteiger partial charge in [0.2, 0.25) is 0 Å². The van der Waals surface area contributed by atoms with Crippen LogP contribution in [0.3, 0.4) is 0 Å². The van der Waals surface area contributed by atoms with Gasteiger partial charge in [0, 0.05) is 16.3 Å². The summed E-state index contributed by atoms with van der Waals surface area (Å²) in [5.74, 6) is -0.166.